The summed E-state index contributed by atoms with van der Waals surface area (Å²) in [4.78, 5) is 27.9. The Hall–Kier alpha value is -3.60. The van der Waals surface area contributed by atoms with Crippen LogP contribution >= 0.6 is 0 Å². The van der Waals surface area contributed by atoms with Gasteiger partial charge in [-0.05, 0) is 55.7 Å². The quantitative estimate of drug-likeness (QED) is 0.482. The number of carbonyl (C=O) groups is 2. The minimum atomic E-state index is -0.468. The lowest BCUT2D eigenvalue weighted by atomic mass is 9.97. The SMILES string of the molecule is CCOc1ccc([C@H](Cc2ccccc2)N2C(=O)c3ccccc3C2=O)cc1OCC. The van der Waals surface area contributed by atoms with Crippen molar-refractivity contribution in [1.29, 1.82) is 0 Å². The zero-order valence-electron chi connectivity index (χ0n) is 17.7. The zero-order valence-corrected chi connectivity index (χ0v) is 17.7. The highest BCUT2D eigenvalue weighted by Crippen LogP contribution is 2.37. The molecule has 2 amide bonds. The number of benzene rings is 3. The van der Waals surface area contributed by atoms with Crippen molar-refractivity contribution in [2.24, 2.45) is 0 Å². The van der Waals surface area contributed by atoms with Crippen LogP contribution in [0.15, 0.2) is 72.8 Å². The fourth-order valence-corrected chi connectivity index (χ4v) is 3.96. The van der Waals surface area contributed by atoms with Crippen molar-refractivity contribution < 1.29 is 19.1 Å². The summed E-state index contributed by atoms with van der Waals surface area (Å²) < 4.78 is 11.5. The Morgan fingerprint density at radius 2 is 1.32 bits per heavy atom. The summed E-state index contributed by atoms with van der Waals surface area (Å²) in [5.41, 5.74) is 2.75. The van der Waals surface area contributed by atoms with Crippen LogP contribution in [0.1, 0.15) is 51.7 Å². The average molecular weight is 415 g/mol. The number of imide groups is 1. The van der Waals surface area contributed by atoms with Crippen molar-refractivity contribution >= 4 is 11.8 Å². The predicted octanol–water partition coefficient (Wildman–Crippen LogP) is 5.06. The fourth-order valence-electron chi connectivity index (χ4n) is 3.96. The molecule has 1 atom stereocenters. The third-order valence-electron chi connectivity index (χ3n) is 5.36. The molecule has 158 valence electrons. The number of carbonyl (C=O) groups excluding carboxylic acids is 2. The monoisotopic (exact) mass is 415 g/mol. The molecule has 3 aromatic rings. The van der Waals surface area contributed by atoms with Gasteiger partial charge in [0.25, 0.3) is 11.8 Å². The van der Waals surface area contributed by atoms with E-state index in [1.807, 2.05) is 62.4 Å². The second-order valence-corrected chi connectivity index (χ2v) is 7.30. The van der Waals surface area contributed by atoms with E-state index in [1.165, 1.54) is 4.90 Å². The molecular formula is C26H25NO4. The Morgan fingerprint density at radius 3 is 1.94 bits per heavy atom. The lowest BCUT2D eigenvalue weighted by molar-refractivity contribution is 0.0581. The first-order valence-corrected chi connectivity index (χ1v) is 10.5. The molecule has 0 saturated carbocycles. The molecule has 0 saturated heterocycles. The Labute approximate surface area is 182 Å². The fraction of sp³-hybridized carbons (Fsp3) is 0.231. The van der Waals surface area contributed by atoms with Gasteiger partial charge in [0.2, 0.25) is 0 Å². The first kappa shape index (κ1) is 20.7. The molecule has 31 heavy (non-hydrogen) atoms. The molecule has 0 fully saturated rings. The number of hydrogen-bond acceptors (Lipinski definition) is 4. The molecule has 1 aliphatic heterocycles. The van der Waals surface area contributed by atoms with E-state index >= 15 is 0 Å². The van der Waals surface area contributed by atoms with Gasteiger partial charge in [0, 0.05) is 0 Å². The molecule has 3 aromatic carbocycles. The van der Waals surface area contributed by atoms with Crippen molar-refractivity contribution in [3.05, 3.63) is 95.1 Å². The summed E-state index contributed by atoms with van der Waals surface area (Å²) in [6.45, 7) is 4.83. The van der Waals surface area contributed by atoms with E-state index in [-0.39, 0.29) is 11.8 Å². The van der Waals surface area contributed by atoms with Crippen LogP contribution in [0.2, 0.25) is 0 Å². The molecule has 0 bridgehead atoms. The van der Waals surface area contributed by atoms with Gasteiger partial charge in [-0.3, -0.25) is 14.5 Å². The number of fused-ring (bicyclic) bond motifs is 1. The van der Waals surface area contributed by atoms with Gasteiger partial charge >= 0.3 is 0 Å². The van der Waals surface area contributed by atoms with Gasteiger partial charge in [-0.1, -0.05) is 48.5 Å². The lowest BCUT2D eigenvalue weighted by Gasteiger charge is -2.27. The number of hydrogen-bond donors (Lipinski definition) is 0. The predicted molar refractivity (Wildman–Crippen MR) is 119 cm³/mol. The first-order chi connectivity index (χ1) is 15.1. The molecule has 0 N–H and O–H groups in total. The van der Waals surface area contributed by atoms with Crippen molar-refractivity contribution in [2.75, 3.05) is 13.2 Å². The second-order valence-electron chi connectivity index (χ2n) is 7.30. The van der Waals surface area contributed by atoms with Crippen LogP contribution in [0.4, 0.5) is 0 Å². The van der Waals surface area contributed by atoms with E-state index in [0.29, 0.717) is 42.3 Å². The second kappa shape index (κ2) is 9.04. The van der Waals surface area contributed by atoms with E-state index in [9.17, 15) is 9.59 Å². The van der Waals surface area contributed by atoms with Gasteiger partial charge < -0.3 is 9.47 Å². The maximum atomic E-state index is 13.2. The Balaban J connectivity index is 1.78. The lowest BCUT2D eigenvalue weighted by Crippen LogP contribution is -2.35. The Kier molecular flexibility index (Phi) is 6.03. The minimum absolute atomic E-state index is 0.270. The van der Waals surface area contributed by atoms with Crippen molar-refractivity contribution in [1.82, 2.24) is 4.90 Å². The maximum Gasteiger partial charge on any atom is 0.262 e. The third kappa shape index (κ3) is 4.04. The first-order valence-electron chi connectivity index (χ1n) is 10.5. The van der Waals surface area contributed by atoms with Crippen LogP contribution in [-0.4, -0.2) is 29.9 Å². The number of rotatable bonds is 8. The van der Waals surface area contributed by atoms with Gasteiger partial charge in [0.15, 0.2) is 11.5 Å². The largest absolute Gasteiger partial charge is 0.490 e. The number of amides is 2. The summed E-state index contributed by atoms with van der Waals surface area (Å²) >= 11 is 0. The normalized spacial score (nSPS) is 13.8. The number of nitrogens with zero attached hydrogens (tertiary/aromatic N) is 1. The molecule has 0 aromatic heterocycles. The van der Waals surface area contributed by atoms with E-state index in [2.05, 4.69) is 0 Å². The summed E-state index contributed by atoms with van der Waals surface area (Å²) in [5, 5.41) is 0. The molecule has 4 rings (SSSR count). The zero-order chi connectivity index (χ0) is 21.8. The summed E-state index contributed by atoms with van der Waals surface area (Å²) in [6.07, 6.45) is 0.506. The Morgan fingerprint density at radius 1 is 0.742 bits per heavy atom. The van der Waals surface area contributed by atoms with Crippen LogP contribution < -0.4 is 9.47 Å². The molecular weight excluding hydrogens is 390 g/mol. The molecule has 5 heteroatoms. The standard InChI is InChI=1S/C26H25NO4/c1-3-30-23-15-14-19(17-24(23)31-4-2)22(16-18-10-6-5-7-11-18)27-25(28)20-12-8-9-13-21(20)26(27)29/h5-15,17,22H,3-4,16H2,1-2H3/t22-/m0/s1. The molecule has 1 heterocycles. The van der Waals surface area contributed by atoms with Gasteiger partial charge in [-0.2, -0.15) is 0 Å². The topological polar surface area (TPSA) is 55.8 Å². The van der Waals surface area contributed by atoms with Crippen molar-refractivity contribution in [2.45, 2.75) is 26.3 Å². The summed E-state index contributed by atoms with van der Waals surface area (Å²) in [7, 11) is 0. The van der Waals surface area contributed by atoms with Gasteiger partial charge in [0.1, 0.15) is 0 Å². The van der Waals surface area contributed by atoms with Crippen LogP contribution in [0, 0.1) is 0 Å². The summed E-state index contributed by atoms with van der Waals surface area (Å²) in [6, 6.07) is 22.0. The van der Waals surface area contributed by atoms with E-state index in [4.69, 9.17) is 9.47 Å². The average Bonchev–Trinajstić information content (AvgIpc) is 3.05. The van der Waals surface area contributed by atoms with Gasteiger partial charge in [-0.25, -0.2) is 0 Å². The molecule has 0 spiro atoms. The van der Waals surface area contributed by atoms with Crippen LogP contribution in [0.3, 0.4) is 0 Å². The van der Waals surface area contributed by atoms with E-state index in [0.717, 1.165) is 11.1 Å². The highest BCUT2D eigenvalue weighted by Gasteiger charge is 2.40. The van der Waals surface area contributed by atoms with Gasteiger partial charge in [-0.15, -0.1) is 0 Å². The van der Waals surface area contributed by atoms with Crippen LogP contribution in [0.5, 0.6) is 11.5 Å². The summed E-state index contributed by atoms with van der Waals surface area (Å²) in [5.74, 6) is 0.715. The number of ether oxygens (including phenoxy) is 2. The van der Waals surface area contributed by atoms with Crippen LogP contribution in [0.25, 0.3) is 0 Å². The van der Waals surface area contributed by atoms with Crippen molar-refractivity contribution in [3.63, 3.8) is 0 Å². The molecule has 1 aliphatic rings. The molecule has 0 unspecified atom stereocenters. The maximum absolute atomic E-state index is 13.2. The smallest absolute Gasteiger partial charge is 0.262 e. The minimum Gasteiger partial charge on any atom is -0.490 e. The van der Waals surface area contributed by atoms with E-state index < -0.39 is 6.04 Å². The van der Waals surface area contributed by atoms with Crippen LogP contribution in [-0.2, 0) is 6.42 Å². The third-order valence-corrected chi connectivity index (χ3v) is 5.36. The molecule has 5 nitrogen and oxygen atoms in total. The Bertz CT molecular complexity index is 1060. The van der Waals surface area contributed by atoms with E-state index in [1.54, 1.807) is 24.3 Å². The van der Waals surface area contributed by atoms with Gasteiger partial charge in [0.05, 0.1) is 30.4 Å². The highest BCUT2D eigenvalue weighted by molar-refractivity contribution is 6.21. The highest BCUT2D eigenvalue weighted by atomic mass is 16.5. The molecule has 0 radical (unpaired) electrons. The van der Waals surface area contributed by atoms with Crippen molar-refractivity contribution in [3.8, 4) is 11.5 Å². The molecule has 0 aliphatic carbocycles.